The van der Waals surface area contributed by atoms with Crippen molar-refractivity contribution >= 4 is 21.2 Å². The molecule has 31 heavy (non-hydrogen) atoms. The minimum absolute atomic E-state index is 0.183. The zero-order chi connectivity index (χ0) is 22.0. The summed E-state index contributed by atoms with van der Waals surface area (Å²) in [6.45, 7) is 6.40. The van der Waals surface area contributed by atoms with E-state index in [0.29, 0.717) is 5.57 Å². The maximum atomic E-state index is 13.6. The summed E-state index contributed by atoms with van der Waals surface area (Å²) in [5.74, 6) is 0. The number of hydrogen-bond acceptors (Lipinski definition) is 3. The summed E-state index contributed by atoms with van der Waals surface area (Å²) in [7, 11) is -2.29. The SMILES string of the molecule is C=C1C(c2ccccc2)=C(c2ccccc2)CN(S(=O)(=O)c2ccc(C)cc2)C1OC. The van der Waals surface area contributed by atoms with E-state index in [-0.39, 0.29) is 11.4 Å². The van der Waals surface area contributed by atoms with Crippen LogP contribution in [0.3, 0.4) is 0 Å². The smallest absolute Gasteiger partial charge is 0.245 e. The summed E-state index contributed by atoms with van der Waals surface area (Å²) in [6, 6.07) is 26.6. The van der Waals surface area contributed by atoms with E-state index in [1.807, 2.05) is 67.6 Å². The third kappa shape index (κ3) is 4.00. The van der Waals surface area contributed by atoms with Crippen LogP contribution in [0.25, 0.3) is 11.1 Å². The van der Waals surface area contributed by atoms with Gasteiger partial charge in [-0.3, -0.25) is 0 Å². The molecule has 1 unspecified atom stereocenters. The molecule has 3 aromatic rings. The summed E-state index contributed by atoms with van der Waals surface area (Å²) in [4.78, 5) is 0.239. The Morgan fingerprint density at radius 1 is 0.871 bits per heavy atom. The quantitative estimate of drug-likeness (QED) is 0.562. The summed E-state index contributed by atoms with van der Waals surface area (Å²) in [6.07, 6.45) is -0.797. The van der Waals surface area contributed by atoms with E-state index in [9.17, 15) is 8.42 Å². The molecular weight excluding hydrogens is 406 g/mol. The van der Waals surface area contributed by atoms with Gasteiger partial charge in [-0.15, -0.1) is 0 Å². The van der Waals surface area contributed by atoms with Crippen molar-refractivity contribution in [3.05, 3.63) is 114 Å². The van der Waals surface area contributed by atoms with Gasteiger partial charge in [-0.25, -0.2) is 8.42 Å². The van der Waals surface area contributed by atoms with Crippen molar-refractivity contribution < 1.29 is 13.2 Å². The van der Waals surface area contributed by atoms with Gasteiger partial charge in [0.05, 0.1) is 4.90 Å². The van der Waals surface area contributed by atoms with Crippen LogP contribution in [0.2, 0.25) is 0 Å². The molecule has 0 fully saturated rings. The summed E-state index contributed by atoms with van der Waals surface area (Å²) in [5, 5.41) is 0. The Kier molecular flexibility index (Phi) is 5.92. The minimum Gasteiger partial charge on any atom is -0.361 e. The van der Waals surface area contributed by atoms with Crippen LogP contribution in [-0.4, -0.2) is 32.6 Å². The van der Waals surface area contributed by atoms with E-state index in [1.165, 1.54) is 11.4 Å². The van der Waals surface area contributed by atoms with Gasteiger partial charge in [-0.05, 0) is 46.9 Å². The topological polar surface area (TPSA) is 46.6 Å². The minimum atomic E-state index is -3.81. The highest BCUT2D eigenvalue weighted by Gasteiger charge is 2.40. The number of sulfonamides is 1. The van der Waals surface area contributed by atoms with Crippen LogP contribution in [0.1, 0.15) is 16.7 Å². The number of methoxy groups -OCH3 is 1. The first-order valence-corrected chi connectivity index (χ1v) is 11.5. The highest BCUT2D eigenvalue weighted by Crippen LogP contribution is 2.41. The van der Waals surface area contributed by atoms with E-state index in [2.05, 4.69) is 6.58 Å². The molecule has 0 spiro atoms. The highest BCUT2D eigenvalue weighted by molar-refractivity contribution is 7.89. The molecule has 0 saturated heterocycles. The molecule has 1 aliphatic rings. The fraction of sp³-hybridized carbons (Fsp3) is 0.154. The van der Waals surface area contributed by atoms with Crippen LogP contribution in [0, 0.1) is 6.92 Å². The first-order chi connectivity index (χ1) is 14.9. The van der Waals surface area contributed by atoms with E-state index in [0.717, 1.165) is 27.8 Å². The Labute approximate surface area is 184 Å². The van der Waals surface area contributed by atoms with Crippen LogP contribution >= 0.6 is 0 Å². The first-order valence-electron chi connectivity index (χ1n) is 10.1. The largest absolute Gasteiger partial charge is 0.361 e. The summed E-state index contributed by atoms with van der Waals surface area (Å²) >= 11 is 0. The number of aryl methyl sites for hydroxylation is 1. The zero-order valence-electron chi connectivity index (χ0n) is 17.7. The fourth-order valence-electron chi connectivity index (χ4n) is 3.96. The Hall–Kier alpha value is -2.99. The third-order valence-corrected chi connectivity index (χ3v) is 7.34. The molecule has 0 aromatic heterocycles. The molecule has 0 radical (unpaired) electrons. The molecule has 158 valence electrons. The lowest BCUT2D eigenvalue weighted by atomic mass is 9.86. The predicted molar refractivity (Wildman–Crippen MR) is 125 cm³/mol. The number of nitrogens with zero attached hydrogens (tertiary/aromatic N) is 1. The molecular formula is C26H25NO3S. The van der Waals surface area contributed by atoms with Gasteiger partial charge in [0.25, 0.3) is 0 Å². The van der Waals surface area contributed by atoms with Gasteiger partial charge in [0.2, 0.25) is 10.0 Å². The molecule has 3 aromatic carbocycles. The molecule has 0 saturated carbocycles. The molecule has 0 aliphatic carbocycles. The van der Waals surface area contributed by atoms with Gasteiger partial charge < -0.3 is 4.74 Å². The van der Waals surface area contributed by atoms with Gasteiger partial charge in [0.1, 0.15) is 6.23 Å². The van der Waals surface area contributed by atoms with Crippen molar-refractivity contribution in [1.82, 2.24) is 4.31 Å². The monoisotopic (exact) mass is 431 g/mol. The number of hydrogen-bond donors (Lipinski definition) is 0. The number of ether oxygens (including phenoxy) is 1. The van der Waals surface area contributed by atoms with Crippen molar-refractivity contribution in [3.63, 3.8) is 0 Å². The number of rotatable bonds is 5. The van der Waals surface area contributed by atoms with Crippen molar-refractivity contribution in [2.45, 2.75) is 18.0 Å². The second kappa shape index (κ2) is 8.63. The molecule has 0 amide bonds. The average Bonchev–Trinajstić information content (AvgIpc) is 2.80. The normalized spacial score (nSPS) is 17.7. The summed E-state index contributed by atoms with van der Waals surface area (Å²) < 4.78 is 34.3. The second-order valence-corrected chi connectivity index (χ2v) is 9.45. The average molecular weight is 432 g/mol. The van der Waals surface area contributed by atoms with Gasteiger partial charge in [0.15, 0.2) is 0 Å². The van der Waals surface area contributed by atoms with E-state index in [4.69, 9.17) is 4.74 Å². The van der Waals surface area contributed by atoms with Crippen LogP contribution < -0.4 is 0 Å². The Morgan fingerprint density at radius 3 is 1.97 bits per heavy atom. The van der Waals surface area contributed by atoms with Crippen LogP contribution in [-0.2, 0) is 14.8 Å². The standard InChI is InChI=1S/C26H25NO3S/c1-19-14-16-23(17-15-19)31(28,29)27-18-24(21-10-6-4-7-11-21)25(20(2)26(27)30-3)22-12-8-5-9-13-22/h4-17,26H,2,18H2,1,3H3. The van der Waals surface area contributed by atoms with E-state index >= 15 is 0 Å². The Balaban J connectivity index is 1.90. The van der Waals surface area contributed by atoms with Crippen LogP contribution in [0.4, 0.5) is 0 Å². The Bertz CT molecular complexity index is 1210. The molecule has 4 nitrogen and oxygen atoms in total. The molecule has 0 bridgehead atoms. The predicted octanol–water partition coefficient (Wildman–Crippen LogP) is 5.14. The van der Waals surface area contributed by atoms with Gasteiger partial charge >= 0.3 is 0 Å². The van der Waals surface area contributed by atoms with Crippen molar-refractivity contribution in [1.29, 1.82) is 0 Å². The third-order valence-electron chi connectivity index (χ3n) is 5.53. The molecule has 1 aliphatic heterocycles. The lowest BCUT2D eigenvalue weighted by Gasteiger charge is -2.38. The molecule has 1 atom stereocenters. The molecule has 4 rings (SSSR count). The summed E-state index contributed by atoms with van der Waals surface area (Å²) in [5.41, 5.74) is 5.40. The van der Waals surface area contributed by atoms with E-state index < -0.39 is 16.3 Å². The van der Waals surface area contributed by atoms with Crippen LogP contribution in [0.15, 0.2) is 102 Å². The Morgan fingerprint density at radius 2 is 1.42 bits per heavy atom. The zero-order valence-corrected chi connectivity index (χ0v) is 18.5. The van der Waals surface area contributed by atoms with Gasteiger partial charge in [-0.1, -0.05) is 84.9 Å². The number of benzene rings is 3. The maximum absolute atomic E-state index is 13.6. The molecule has 5 heteroatoms. The lowest BCUT2D eigenvalue weighted by molar-refractivity contribution is 0.0517. The van der Waals surface area contributed by atoms with E-state index in [1.54, 1.807) is 24.3 Å². The van der Waals surface area contributed by atoms with Crippen molar-refractivity contribution in [3.8, 4) is 0 Å². The van der Waals surface area contributed by atoms with Gasteiger partial charge in [0, 0.05) is 13.7 Å². The van der Waals surface area contributed by atoms with Gasteiger partial charge in [-0.2, -0.15) is 4.31 Å². The molecule has 0 N–H and O–H groups in total. The maximum Gasteiger partial charge on any atom is 0.245 e. The highest BCUT2D eigenvalue weighted by atomic mass is 32.2. The first kappa shape index (κ1) is 21.2. The van der Waals surface area contributed by atoms with Crippen molar-refractivity contribution in [2.24, 2.45) is 0 Å². The molecule has 1 heterocycles. The van der Waals surface area contributed by atoms with Crippen molar-refractivity contribution in [2.75, 3.05) is 13.7 Å². The van der Waals surface area contributed by atoms with Crippen LogP contribution in [0.5, 0.6) is 0 Å². The fourth-order valence-corrected chi connectivity index (χ4v) is 5.48. The second-order valence-electron chi connectivity index (χ2n) is 7.56. The lowest BCUT2D eigenvalue weighted by Crippen LogP contribution is -2.46.